The molecule has 1 fully saturated rings. The van der Waals surface area contributed by atoms with E-state index in [9.17, 15) is 10.0 Å². The first-order valence-electron chi connectivity index (χ1n) is 10.1. The van der Waals surface area contributed by atoms with Crippen molar-refractivity contribution in [3.63, 3.8) is 0 Å². The van der Waals surface area contributed by atoms with Crippen molar-refractivity contribution in [3.8, 4) is 22.5 Å². The SMILES string of the molecule is CC1CCC(c2nc(-c3cccnc3)c(C(=O)NO)nc2-c2ccccc2)OC1C. The molecule has 7 nitrogen and oxygen atoms in total. The van der Waals surface area contributed by atoms with Gasteiger partial charge in [0, 0.05) is 23.5 Å². The van der Waals surface area contributed by atoms with Gasteiger partial charge in [0.1, 0.15) is 11.8 Å². The van der Waals surface area contributed by atoms with Crippen LogP contribution in [0.2, 0.25) is 0 Å². The summed E-state index contributed by atoms with van der Waals surface area (Å²) in [5.41, 5.74) is 4.82. The second-order valence-corrected chi connectivity index (χ2v) is 7.59. The monoisotopic (exact) mass is 404 g/mol. The Hall–Kier alpha value is -3.16. The van der Waals surface area contributed by atoms with Gasteiger partial charge in [0.05, 0.1) is 17.5 Å². The zero-order chi connectivity index (χ0) is 21.1. The maximum absolute atomic E-state index is 12.5. The van der Waals surface area contributed by atoms with E-state index in [0.29, 0.717) is 28.6 Å². The molecule has 154 valence electrons. The predicted molar refractivity (Wildman–Crippen MR) is 112 cm³/mol. The van der Waals surface area contributed by atoms with Gasteiger partial charge in [-0.1, -0.05) is 37.3 Å². The van der Waals surface area contributed by atoms with Crippen LogP contribution in [0.5, 0.6) is 0 Å². The third-order valence-electron chi connectivity index (χ3n) is 5.59. The molecule has 0 aliphatic carbocycles. The zero-order valence-electron chi connectivity index (χ0n) is 16.9. The maximum Gasteiger partial charge on any atom is 0.295 e. The molecule has 1 aliphatic heterocycles. The molecule has 1 aliphatic rings. The summed E-state index contributed by atoms with van der Waals surface area (Å²) in [4.78, 5) is 26.1. The molecular formula is C23H24N4O3. The number of pyridine rings is 1. The second-order valence-electron chi connectivity index (χ2n) is 7.59. The Balaban J connectivity index is 1.93. The van der Waals surface area contributed by atoms with Gasteiger partial charge in [-0.15, -0.1) is 0 Å². The lowest BCUT2D eigenvalue weighted by Gasteiger charge is -2.33. The first-order chi connectivity index (χ1) is 14.6. The number of benzene rings is 1. The molecule has 3 unspecified atom stereocenters. The Bertz CT molecular complexity index is 1030. The smallest absolute Gasteiger partial charge is 0.295 e. The molecule has 3 atom stereocenters. The molecule has 2 aromatic heterocycles. The molecule has 30 heavy (non-hydrogen) atoms. The fourth-order valence-corrected chi connectivity index (χ4v) is 3.71. The number of carbonyl (C=O) groups excluding carboxylic acids is 1. The van der Waals surface area contributed by atoms with Crippen LogP contribution in [0.15, 0.2) is 54.9 Å². The van der Waals surface area contributed by atoms with E-state index in [-0.39, 0.29) is 17.9 Å². The van der Waals surface area contributed by atoms with Crippen molar-refractivity contribution in [1.82, 2.24) is 20.4 Å². The summed E-state index contributed by atoms with van der Waals surface area (Å²) in [5.74, 6) is -0.261. The Kier molecular flexibility index (Phi) is 5.83. The normalized spacial score (nSPS) is 21.2. The van der Waals surface area contributed by atoms with Gasteiger partial charge < -0.3 is 4.74 Å². The summed E-state index contributed by atoms with van der Waals surface area (Å²) in [6, 6.07) is 13.2. The zero-order valence-corrected chi connectivity index (χ0v) is 16.9. The minimum atomic E-state index is -0.725. The maximum atomic E-state index is 12.5. The first-order valence-corrected chi connectivity index (χ1v) is 10.1. The summed E-state index contributed by atoms with van der Waals surface area (Å²) in [6.07, 6.45) is 4.96. The number of ether oxygens (including phenoxy) is 1. The third-order valence-corrected chi connectivity index (χ3v) is 5.59. The van der Waals surface area contributed by atoms with E-state index in [4.69, 9.17) is 9.72 Å². The molecular weight excluding hydrogens is 380 g/mol. The Morgan fingerprint density at radius 3 is 2.47 bits per heavy atom. The van der Waals surface area contributed by atoms with E-state index in [0.717, 1.165) is 18.4 Å². The van der Waals surface area contributed by atoms with Crippen LogP contribution in [0, 0.1) is 5.92 Å². The highest BCUT2D eigenvalue weighted by Crippen LogP contribution is 2.38. The summed E-state index contributed by atoms with van der Waals surface area (Å²) >= 11 is 0. The van der Waals surface area contributed by atoms with Gasteiger partial charge in [-0.2, -0.15) is 0 Å². The summed E-state index contributed by atoms with van der Waals surface area (Å²) in [6.45, 7) is 4.25. The van der Waals surface area contributed by atoms with Crippen LogP contribution in [0.4, 0.5) is 0 Å². The fraction of sp³-hybridized carbons (Fsp3) is 0.304. The van der Waals surface area contributed by atoms with Crippen LogP contribution in [0.1, 0.15) is 49.0 Å². The number of hydroxylamine groups is 1. The van der Waals surface area contributed by atoms with Crippen molar-refractivity contribution in [2.75, 3.05) is 0 Å². The van der Waals surface area contributed by atoms with Gasteiger partial charge in [-0.25, -0.2) is 15.4 Å². The standard InChI is InChI=1S/C23H24N4O3/c1-14-10-11-18(30-15(14)2)21-19(16-7-4-3-5-8-16)26-22(23(28)27-29)20(25-21)17-9-6-12-24-13-17/h3-9,12-15,18,29H,10-11H2,1-2H3,(H,27,28). The minimum Gasteiger partial charge on any atom is -0.369 e. The number of aromatic nitrogens is 3. The lowest BCUT2D eigenvalue weighted by atomic mass is 9.91. The van der Waals surface area contributed by atoms with Crippen LogP contribution in [-0.2, 0) is 4.74 Å². The van der Waals surface area contributed by atoms with Crippen LogP contribution in [-0.4, -0.2) is 32.2 Å². The van der Waals surface area contributed by atoms with Crippen molar-refractivity contribution in [2.45, 2.75) is 38.9 Å². The third kappa shape index (κ3) is 3.94. The molecule has 0 saturated carbocycles. The number of amides is 1. The molecule has 7 heteroatoms. The minimum absolute atomic E-state index is 0.0327. The van der Waals surface area contributed by atoms with Gasteiger partial charge >= 0.3 is 0 Å². The molecule has 0 bridgehead atoms. The summed E-state index contributed by atoms with van der Waals surface area (Å²) in [7, 11) is 0. The Labute approximate surface area is 175 Å². The highest BCUT2D eigenvalue weighted by Gasteiger charge is 2.31. The van der Waals surface area contributed by atoms with Gasteiger partial charge in [0.25, 0.3) is 5.91 Å². The number of nitrogens with zero attached hydrogens (tertiary/aromatic N) is 3. The number of carbonyl (C=O) groups is 1. The molecule has 0 radical (unpaired) electrons. The second kappa shape index (κ2) is 8.69. The van der Waals surface area contributed by atoms with Crippen LogP contribution >= 0.6 is 0 Å². The first kappa shape index (κ1) is 20.1. The topological polar surface area (TPSA) is 97.2 Å². The van der Waals surface area contributed by atoms with Crippen molar-refractivity contribution in [3.05, 3.63) is 66.2 Å². The highest BCUT2D eigenvalue weighted by atomic mass is 16.5. The molecule has 1 saturated heterocycles. The Morgan fingerprint density at radius 2 is 1.80 bits per heavy atom. The Morgan fingerprint density at radius 1 is 1.03 bits per heavy atom. The summed E-state index contributed by atoms with van der Waals surface area (Å²) < 4.78 is 6.30. The van der Waals surface area contributed by atoms with Crippen LogP contribution in [0.25, 0.3) is 22.5 Å². The molecule has 3 aromatic rings. The molecule has 4 rings (SSSR count). The largest absolute Gasteiger partial charge is 0.369 e. The molecule has 2 N–H and O–H groups in total. The molecule has 1 aromatic carbocycles. The molecule has 0 spiro atoms. The van der Waals surface area contributed by atoms with Crippen molar-refractivity contribution >= 4 is 5.91 Å². The van der Waals surface area contributed by atoms with Crippen LogP contribution in [0.3, 0.4) is 0 Å². The summed E-state index contributed by atoms with van der Waals surface area (Å²) in [5, 5.41) is 9.30. The average molecular weight is 404 g/mol. The fourth-order valence-electron chi connectivity index (χ4n) is 3.71. The van der Waals surface area contributed by atoms with E-state index in [2.05, 4.69) is 23.8 Å². The van der Waals surface area contributed by atoms with Crippen molar-refractivity contribution in [2.24, 2.45) is 5.92 Å². The number of hydrogen-bond acceptors (Lipinski definition) is 6. The predicted octanol–water partition coefficient (Wildman–Crippen LogP) is 4.20. The van der Waals surface area contributed by atoms with Gasteiger partial charge in [-0.3, -0.25) is 15.0 Å². The van der Waals surface area contributed by atoms with E-state index in [1.165, 1.54) is 0 Å². The van der Waals surface area contributed by atoms with E-state index < -0.39 is 5.91 Å². The van der Waals surface area contributed by atoms with Crippen LogP contribution < -0.4 is 5.48 Å². The van der Waals surface area contributed by atoms with Gasteiger partial charge in [0.2, 0.25) is 0 Å². The number of rotatable bonds is 4. The van der Waals surface area contributed by atoms with Gasteiger partial charge in [-0.05, 0) is 37.8 Å². The average Bonchev–Trinajstić information content (AvgIpc) is 2.80. The lowest BCUT2D eigenvalue weighted by molar-refractivity contribution is -0.0723. The highest BCUT2D eigenvalue weighted by molar-refractivity contribution is 5.98. The van der Waals surface area contributed by atoms with Crippen molar-refractivity contribution in [1.29, 1.82) is 0 Å². The van der Waals surface area contributed by atoms with E-state index >= 15 is 0 Å². The number of hydrogen-bond donors (Lipinski definition) is 2. The van der Waals surface area contributed by atoms with Crippen molar-refractivity contribution < 1.29 is 14.7 Å². The number of nitrogens with one attached hydrogen (secondary N) is 1. The molecule has 1 amide bonds. The lowest BCUT2D eigenvalue weighted by Crippen LogP contribution is -2.29. The van der Waals surface area contributed by atoms with E-state index in [1.807, 2.05) is 36.4 Å². The van der Waals surface area contributed by atoms with E-state index in [1.54, 1.807) is 23.9 Å². The molecule has 3 heterocycles. The van der Waals surface area contributed by atoms with Gasteiger partial charge in [0.15, 0.2) is 5.69 Å². The quantitative estimate of drug-likeness (QED) is 0.500.